The highest BCUT2D eigenvalue weighted by Gasteiger charge is 2.37. The van der Waals surface area contributed by atoms with Crippen molar-refractivity contribution in [1.82, 2.24) is 10.6 Å². The average molecular weight is 453 g/mol. The van der Waals surface area contributed by atoms with Gasteiger partial charge in [-0.2, -0.15) is 0 Å². The Morgan fingerprint density at radius 3 is 2.62 bits per heavy atom. The van der Waals surface area contributed by atoms with E-state index in [1.165, 1.54) is 32.1 Å². The Morgan fingerprint density at radius 2 is 2.08 bits per heavy atom. The van der Waals surface area contributed by atoms with Crippen LogP contribution in [0.5, 0.6) is 0 Å². The maximum absolute atomic E-state index is 5.67. The minimum Gasteiger partial charge on any atom is -0.377 e. The number of nitrogens with one attached hydrogen (secondary N) is 2. The van der Waals surface area contributed by atoms with Crippen molar-refractivity contribution in [2.45, 2.75) is 58.5 Å². The van der Waals surface area contributed by atoms with Crippen LogP contribution in [-0.4, -0.2) is 52.0 Å². The number of hydrogen-bond donors (Lipinski definition) is 2. The average Bonchev–Trinajstić information content (AvgIpc) is 2.99. The molecule has 1 aliphatic heterocycles. The van der Waals surface area contributed by atoms with E-state index in [2.05, 4.69) is 29.5 Å². The molecule has 2 fully saturated rings. The molecule has 2 rings (SSSR count). The van der Waals surface area contributed by atoms with E-state index in [-0.39, 0.29) is 24.0 Å². The second kappa shape index (κ2) is 11.5. The maximum Gasteiger partial charge on any atom is 0.191 e. The number of aliphatic imine (C=N–C) groups is 1. The van der Waals surface area contributed by atoms with Gasteiger partial charge in [-0.1, -0.05) is 20.3 Å². The van der Waals surface area contributed by atoms with Crippen LogP contribution in [0.1, 0.15) is 52.4 Å². The van der Waals surface area contributed by atoms with Gasteiger partial charge in [0.25, 0.3) is 0 Å². The summed E-state index contributed by atoms with van der Waals surface area (Å²) in [6.07, 6.45) is 7.98. The molecule has 1 unspecified atom stereocenters. The summed E-state index contributed by atoms with van der Waals surface area (Å²) >= 11 is 0. The van der Waals surface area contributed by atoms with Gasteiger partial charge in [0.1, 0.15) is 0 Å². The van der Waals surface area contributed by atoms with Gasteiger partial charge in [-0.15, -0.1) is 24.0 Å². The highest BCUT2D eigenvalue weighted by molar-refractivity contribution is 14.0. The summed E-state index contributed by atoms with van der Waals surface area (Å²) in [7, 11) is 1.83. The molecule has 5 nitrogen and oxygen atoms in total. The van der Waals surface area contributed by atoms with Gasteiger partial charge in [0, 0.05) is 26.7 Å². The molecule has 1 heterocycles. The zero-order valence-electron chi connectivity index (χ0n) is 15.6. The molecule has 1 saturated heterocycles. The van der Waals surface area contributed by atoms with Crippen LogP contribution >= 0.6 is 24.0 Å². The van der Waals surface area contributed by atoms with E-state index in [0.29, 0.717) is 24.7 Å². The van der Waals surface area contributed by atoms with Gasteiger partial charge in [0.15, 0.2) is 5.96 Å². The summed E-state index contributed by atoms with van der Waals surface area (Å²) < 4.78 is 11.2. The van der Waals surface area contributed by atoms with E-state index in [0.717, 1.165) is 38.0 Å². The molecule has 0 amide bonds. The van der Waals surface area contributed by atoms with E-state index < -0.39 is 0 Å². The van der Waals surface area contributed by atoms with Crippen LogP contribution in [0.15, 0.2) is 4.99 Å². The smallest absolute Gasteiger partial charge is 0.191 e. The molecule has 142 valence electrons. The Morgan fingerprint density at radius 1 is 1.29 bits per heavy atom. The molecule has 2 aliphatic rings. The summed E-state index contributed by atoms with van der Waals surface area (Å²) in [5, 5.41) is 6.85. The molecule has 2 N–H and O–H groups in total. The molecule has 0 radical (unpaired) electrons. The second-order valence-electron chi connectivity index (χ2n) is 7.51. The molecule has 6 heteroatoms. The molecule has 0 spiro atoms. The zero-order valence-corrected chi connectivity index (χ0v) is 17.9. The molecule has 0 aromatic carbocycles. The minimum absolute atomic E-state index is 0. The Kier molecular flexibility index (Phi) is 10.5. The van der Waals surface area contributed by atoms with Crippen LogP contribution in [0.4, 0.5) is 0 Å². The Hall–Kier alpha value is -0.0800. The van der Waals surface area contributed by atoms with Crippen molar-refractivity contribution in [2.75, 3.05) is 40.0 Å². The lowest BCUT2D eigenvalue weighted by Crippen LogP contribution is -2.47. The molecular formula is C18H36IN3O2. The fraction of sp³-hybridized carbons (Fsp3) is 0.944. The van der Waals surface area contributed by atoms with Crippen LogP contribution in [-0.2, 0) is 9.47 Å². The van der Waals surface area contributed by atoms with Crippen molar-refractivity contribution in [1.29, 1.82) is 0 Å². The predicted octanol–water partition coefficient (Wildman–Crippen LogP) is 3.18. The van der Waals surface area contributed by atoms with Gasteiger partial charge in [0.05, 0.1) is 19.3 Å². The normalized spacial score (nSPS) is 22.8. The van der Waals surface area contributed by atoms with E-state index in [9.17, 15) is 0 Å². The van der Waals surface area contributed by atoms with Gasteiger partial charge in [-0.05, 0) is 43.4 Å². The number of ether oxygens (including phenoxy) is 2. The second-order valence-corrected chi connectivity index (χ2v) is 7.51. The summed E-state index contributed by atoms with van der Waals surface area (Å²) in [4.78, 5) is 4.32. The quantitative estimate of drug-likeness (QED) is 0.244. The number of nitrogens with zero attached hydrogens (tertiary/aromatic N) is 1. The summed E-state index contributed by atoms with van der Waals surface area (Å²) in [6, 6.07) is 0. The Balaban J connectivity index is 0.00000288. The largest absolute Gasteiger partial charge is 0.377 e. The van der Waals surface area contributed by atoms with Crippen LogP contribution in [0.2, 0.25) is 0 Å². The van der Waals surface area contributed by atoms with E-state index in [1.807, 2.05) is 7.05 Å². The lowest BCUT2D eigenvalue weighted by molar-refractivity contribution is 0.0190. The lowest BCUT2D eigenvalue weighted by Gasteiger charge is -2.43. The summed E-state index contributed by atoms with van der Waals surface area (Å²) in [5.41, 5.74) is 0.488. The first-order chi connectivity index (χ1) is 11.1. The fourth-order valence-corrected chi connectivity index (χ4v) is 3.72. The van der Waals surface area contributed by atoms with Gasteiger partial charge < -0.3 is 20.1 Å². The summed E-state index contributed by atoms with van der Waals surface area (Å²) in [6.45, 7) is 8.74. The number of guanidine groups is 1. The van der Waals surface area contributed by atoms with Crippen LogP contribution in [0, 0.1) is 11.3 Å². The van der Waals surface area contributed by atoms with Crippen molar-refractivity contribution >= 4 is 29.9 Å². The van der Waals surface area contributed by atoms with Gasteiger partial charge in [-0.3, -0.25) is 4.99 Å². The van der Waals surface area contributed by atoms with E-state index >= 15 is 0 Å². The highest BCUT2D eigenvalue weighted by Crippen LogP contribution is 2.45. The Bertz CT molecular complexity index is 367. The van der Waals surface area contributed by atoms with Crippen molar-refractivity contribution in [2.24, 2.45) is 16.3 Å². The monoisotopic (exact) mass is 453 g/mol. The SMILES string of the molecule is CN=C(NCCOCC1CCCO1)NCC1(CC(C)C)CCC1.I. The van der Waals surface area contributed by atoms with Crippen molar-refractivity contribution in [3.05, 3.63) is 0 Å². The van der Waals surface area contributed by atoms with Gasteiger partial charge in [0.2, 0.25) is 0 Å². The molecule has 0 bridgehead atoms. The van der Waals surface area contributed by atoms with E-state index in [4.69, 9.17) is 9.47 Å². The lowest BCUT2D eigenvalue weighted by atomic mass is 9.64. The molecule has 1 aliphatic carbocycles. The first-order valence-electron chi connectivity index (χ1n) is 9.27. The molecule has 1 saturated carbocycles. The molecule has 1 atom stereocenters. The summed E-state index contributed by atoms with van der Waals surface area (Å²) in [5.74, 6) is 1.65. The number of rotatable bonds is 9. The first-order valence-corrected chi connectivity index (χ1v) is 9.27. The third kappa shape index (κ3) is 7.44. The minimum atomic E-state index is 0. The molecule has 0 aromatic heterocycles. The molecule has 24 heavy (non-hydrogen) atoms. The van der Waals surface area contributed by atoms with E-state index in [1.54, 1.807) is 0 Å². The first kappa shape index (κ1) is 22.0. The number of halogens is 1. The van der Waals surface area contributed by atoms with Crippen LogP contribution < -0.4 is 10.6 Å². The third-order valence-electron chi connectivity index (χ3n) is 4.98. The maximum atomic E-state index is 5.67. The zero-order chi connectivity index (χ0) is 16.5. The van der Waals surface area contributed by atoms with Crippen molar-refractivity contribution < 1.29 is 9.47 Å². The van der Waals surface area contributed by atoms with Crippen molar-refractivity contribution in [3.8, 4) is 0 Å². The fourth-order valence-electron chi connectivity index (χ4n) is 3.72. The number of hydrogen-bond acceptors (Lipinski definition) is 3. The molecule has 0 aromatic rings. The predicted molar refractivity (Wildman–Crippen MR) is 110 cm³/mol. The third-order valence-corrected chi connectivity index (χ3v) is 4.98. The van der Waals surface area contributed by atoms with Gasteiger partial charge >= 0.3 is 0 Å². The standard InChI is InChI=1S/C18H35N3O2.HI/c1-15(2)12-18(7-5-8-18)14-21-17(19-3)20-9-11-22-13-16-6-4-10-23-16;/h15-16H,4-14H2,1-3H3,(H2,19,20,21);1H. The molecular weight excluding hydrogens is 417 g/mol. The van der Waals surface area contributed by atoms with Crippen LogP contribution in [0.3, 0.4) is 0 Å². The van der Waals surface area contributed by atoms with Gasteiger partial charge in [-0.25, -0.2) is 0 Å². The van der Waals surface area contributed by atoms with Crippen LogP contribution in [0.25, 0.3) is 0 Å². The highest BCUT2D eigenvalue weighted by atomic mass is 127. The topological polar surface area (TPSA) is 54.9 Å². The Labute approximate surface area is 164 Å². The van der Waals surface area contributed by atoms with Crippen molar-refractivity contribution in [3.63, 3.8) is 0 Å².